The van der Waals surface area contributed by atoms with Crippen LogP contribution in [0.4, 0.5) is 0 Å². The number of fused-ring (bicyclic) bond motifs is 1. The zero-order valence-electron chi connectivity index (χ0n) is 27.7. The van der Waals surface area contributed by atoms with E-state index in [0.717, 1.165) is 16.7 Å². The summed E-state index contributed by atoms with van der Waals surface area (Å²) in [5.74, 6) is 0.492. The SMILES string of the molecule is COC(=O)C[C@@H](c1cccc(O)c1)c1oc(CN2CCc3cc(OC)c(OC)cc3[C@H]2c2cc(OC)c(OC)c(OC)c2)cc(=O)c1O. The van der Waals surface area contributed by atoms with E-state index in [0.29, 0.717) is 47.3 Å². The lowest BCUT2D eigenvalue weighted by molar-refractivity contribution is -0.140. The molecule has 0 saturated carbocycles. The highest BCUT2D eigenvalue weighted by Gasteiger charge is 2.34. The highest BCUT2D eigenvalue weighted by Crippen LogP contribution is 2.46. The van der Waals surface area contributed by atoms with E-state index in [-0.39, 0.29) is 30.2 Å². The fraction of sp³-hybridized carbons (Fsp3) is 0.333. The predicted molar refractivity (Wildman–Crippen MR) is 175 cm³/mol. The van der Waals surface area contributed by atoms with E-state index in [1.54, 1.807) is 40.6 Å². The Bertz CT molecular complexity index is 1830. The largest absolute Gasteiger partial charge is 0.508 e. The Labute approximate surface area is 277 Å². The molecule has 48 heavy (non-hydrogen) atoms. The van der Waals surface area contributed by atoms with Crippen LogP contribution in [0.5, 0.6) is 40.2 Å². The van der Waals surface area contributed by atoms with Gasteiger partial charge in [0.1, 0.15) is 11.5 Å². The summed E-state index contributed by atoms with van der Waals surface area (Å²) in [4.78, 5) is 27.8. The van der Waals surface area contributed by atoms with Crippen LogP contribution in [0.25, 0.3) is 0 Å². The molecule has 0 amide bonds. The molecule has 254 valence electrons. The van der Waals surface area contributed by atoms with Crippen molar-refractivity contribution in [3.8, 4) is 40.2 Å². The van der Waals surface area contributed by atoms with E-state index in [1.165, 1.54) is 32.4 Å². The number of hydrogen-bond donors (Lipinski definition) is 2. The molecular formula is C36H39NO11. The minimum atomic E-state index is -0.915. The number of ether oxygens (including phenoxy) is 6. The second-order valence-electron chi connectivity index (χ2n) is 11.2. The molecule has 0 fully saturated rings. The highest BCUT2D eigenvalue weighted by molar-refractivity contribution is 5.71. The van der Waals surface area contributed by atoms with Crippen molar-refractivity contribution in [2.24, 2.45) is 0 Å². The van der Waals surface area contributed by atoms with Crippen LogP contribution in [-0.4, -0.2) is 70.3 Å². The summed E-state index contributed by atoms with van der Waals surface area (Å²) in [6, 6.07) is 14.7. The predicted octanol–water partition coefficient (Wildman–Crippen LogP) is 4.94. The number of hydrogen-bond acceptors (Lipinski definition) is 12. The Kier molecular flexibility index (Phi) is 10.3. The van der Waals surface area contributed by atoms with E-state index >= 15 is 0 Å². The molecule has 12 heteroatoms. The first-order valence-corrected chi connectivity index (χ1v) is 15.2. The van der Waals surface area contributed by atoms with Gasteiger partial charge in [-0.15, -0.1) is 0 Å². The number of benzene rings is 3. The van der Waals surface area contributed by atoms with Gasteiger partial charge in [0, 0.05) is 12.6 Å². The zero-order chi connectivity index (χ0) is 34.5. The summed E-state index contributed by atoms with van der Waals surface area (Å²) in [6.45, 7) is 0.685. The topological polar surface area (TPSA) is 146 Å². The highest BCUT2D eigenvalue weighted by atomic mass is 16.5. The second-order valence-corrected chi connectivity index (χ2v) is 11.2. The number of carbonyl (C=O) groups is 1. The van der Waals surface area contributed by atoms with E-state index < -0.39 is 29.1 Å². The van der Waals surface area contributed by atoms with Gasteiger partial charge in [0.25, 0.3) is 0 Å². The van der Waals surface area contributed by atoms with E-state index in [1.807, 2.05) is 24.3 Å². The molecular weight excluding hydrogens is 622 g/mol. The maximum Gasteiger partial charge on any atom is 0.306 e. The monoisotopic (exact) mass is 661 g/mol. The minimum absolute atomic E-state index is 0.0485. The van der Waals surface area contributed by atoms with Crippen LogP contribution >= 0.6 is 0 Å². The molecule has 5 rings (SSSR count). The van der Waals surface area contributed by atoms with Crippen molar-refractivity contribution < 1.29 is 47.8 Å². The number of esters is 1. The molecule has 1 aliphatic rings. The van der Waals surface area contributed by atoms with Gasteiger partial charge in [-0.05, 0) is 65.1 Å². The molecule has 2 heterocycles. The van der Waals surface area contributed by atoms with Crippen molar-refractivity contribution in [1.82, 2.24) is 4.90 Å². The maximum absolute atomic E-state index is 13.2. The van der Waals surface area contributed by atoms with Crippen molar-refractivity contribution in [2.75, 3.05) is 49.2 Å². The van der Waals surface area contributed by atoms with Crippen molar-refractivity contribution in [1.29, 1.82) is 0 Å². The maximum atomic E-state index is 13.2. The fourth-order valence-corrected chi connectivity index (χ4v) is 6.24. The molecule has 0 saturated heterocycles. The second kappa shape index (κ2) is 14.6. The summed E-state index contributed by atoms with van der Waals surface area (Å²) in [7, 11) is 9.04. The third kappa shape index (κ3) is 6.70. The van der Waals surface area contributed by atoms with Crippen molar-refractivity contribution >= 4 is 5.97 Å². The average Bonchev–Trinajstić information content (AvgIpc) is 3.10. The third-order valence-corrected chi connectivity index (χ3v) is 8.52. The van der Waals surface area contributed by atoms with Crippen molar-refractivity contribution in [3.63, 3.8) is 0 Å². The van der Waals surface area contributed by atoms with Gasteiger partial charge >= 0.3 is 5.97 Å². The van der Waals surface area contributed by atoms with Gasteiger partial charge in [0.2, 0.25) is 16.9 Å². The molecule has 0 radical (unpaired) electrons. The Morgan fingerprint density at radius 1 is 0.875 bits per heavy atom. The lowest BCUT2D eigenvalue weighted by atomic mass is 9.87. The Morgan fingerprint density at radius 2 is 1.54 bits per heavy atom. The van der Waals surface area contributed by atoms with Gasteiger partial charge < -0.3 is 43.1 Å². The average molecular weight is 662 g/mol. The summed E-state index contributed by atoms with van der Waals surface area (Å²) < 4.78 is 39.4. The molecule has 1 aromatic heterocycles. The van der Waals surface area contributed by atoms with E-state index in [9.17, 15) is 19.8 Å². The number of methoxy groups -OCH3 is 6. The lowest BCUT2D eigenvalue weighted by Gasteiger charge is -2.38. The Hall–Kier alpha value is -5.36. The summed E-state index contributed by atoms with van der Waals surface area (Å²) in [5.41, 5.74) is 2.56. The number of phenols is 1. The van der Waals surface area contributed by atoms with Gasteiger partial charge in [-0.2, -0.15) is 0 Å². The van der Waals surface area contributed by atoms with Crippen LogP contribution in [0.3, 0.4) is 0 Å². The molecule has 0 aliphatic carbocycles. The van der Waals surface area contributed by atoms with Crippen LogP contribution in [0.2, 0.25) is 0 Å². The first-order valence-electron chi connectivity index (χ1n) is 15.2. The summed E-state index contributed by atoms with van der Waals surface area (Å²) >= 11 is 0. The van der Waals surface area contributed by atoms with Crippen LogP contribution < -0.4 is 29.1 Å². The molecule has 12 nitrogen and oxygen atoms in total. The zero-order valence-corrected chi connectivity index (χ0v) is 27.7. The lowest BCUT2D eigenvalue weighted by Crippen LogP contribution is -2.36. The number of carbonyl (C=O) groups excluding carboxylic acids is 1. The minimum Gasteiger partial charge on any atom is -0.508 e. The molecule has 1 aliphatic heterocycles. The normalized spacial score (nSPS) is 14.8. The molecule has 0 bridgehead atoms. The number of aromatic hydroxyl groups is 2. The van der Waals surface area contributed by atoms with Gasteiger partial charge in [0.15, 0.2) is 28.8 Å². The van der Waals surface area contributed by atoms with Crippen LogP contribution in [0, 0.1) is 0 Å². The van der Waals surface area contributed by atoms with Crippen LogP contribution in [0.15, 0.2) is 63.8 Å². The first-order chi connectivity index (χ1) is 23.1. The standard InChI is InChI=1S/C36H39NO11/c1-42-28-13-21-10-11-37(33(25(21)17-29(28)43-2)22-14-30(44-3)36(47-6)31(15-22)45-4)19-24-16-27(39)34(41)35(48-24)26(18-32(40)46-5)20-8-7-9-23(38)12-20/h7-9,12-17,26,33,38,41H,10-11,18-19H2,1-6H3/t26-,33+/m0/s1. The molecule has 0 spiro atoms. The quantitative estimate of drug-likeness (QED) is 0.198. The Balaban J connectivity index is 1.65. The van der Waals surface area contributed by atoms with E-state index in [4.69, 9.17) is 32.8 Å². The smallest absolute Gasteiger partial charge is 0.306 e. The Morgan fingerprint density at radius 3 is 2.15 bits per heavy atom. The molecule has 0 unspecified atom stereocenters. The number of phenolic OH excluding ortho intramolecular Hbond substituents is 1. The summed E-state index contributed by atoms with van der Waals surface area (Å²) in [6.07, 6.45) is 0.396. The fourth-order valence-electron chi connectivity index (χ4n) is 6.24. The van der Waals surface area contributed by atoms with Crippen LogP contribution in [0.1, 0.15) is 52.2 Å². The third-order valence-electron chi connectivity index (χ3n) is 8.52. The van der Waals surface area contributed by atoms with Gasteiger partial charge in [-0.1, -0.05) is 12.1 Å². The summed E-state index contributed by atoms with van der Waals surface area (Å²) in [5, 5.41) is 21.1. The molecule has 2 N–H and O–H groups in total. The van der Waals surface area contributed by atoms with Crippen molar-refractivity contribution in [3.05, 3.63) is 98.6 Å². The van der Waals surface area contributed by atoms with Gasteiger partial charge in [-0.3, -0.25) is 14.5 Å². The van der Waals surface area contributed by atoms with Crippen LogP contribution in [-0.2, 0) is 22.5 Å². The van der Waals surface area contributed by atoms with Gasteiger partial charge in [0.05, 0.1) is 67.6 Å². The molecule has 4 aromatic rings. The number of rotatable bonds is 12. The van der Waals surface area contributed by atoms with Gasteiger partial charge in [-0.25, -0.2) is 0 Å². The molecule has 3 aromatic carbocycles. The molecule has 2 atom stereocenters. The van der Waals surface area contributed by atoms with Crippen molar-refractivity contribution in [2.45, 2.75) is 31.3 Å². The number of nitrogens with zero attached hydrogens (tertiary/aromatic N) is 1. The first kappa shape index (κ1) is 34.0. The van der Waals surface area contributed by atoms with E-state index in [2.05, 4.69) is 4.90 Å².